The van der Waals surface area contributed by atoms with E-state index in [1.165, 1.54) is 11.8 Å². The minimum Gasteiger partial charge on any atom is -0.497 e. The van der Waals surface area contributed by atoms with E-state index in [0.717, 1.165) is 5.56 Å². The number of carbonyl (C=O) groups is 3. The van der Waals surface area contributed by atoms with E-state index in [0.29, 0.717) is 17.9 Å². The third-order valence-electron chi connectivity index (χ3n) is 8.17. The molecule has 0 aromatic heterocycles. The number of aliphatic hydroxyl groups excluding tert-OH is 1. The van der Waals surface area contributed by atoms with Gasteiger partial charge in [0.1, 0.15) is 11.8 Å². The molecule has 1 N–H and O–H groups in total. The van der Waals surface area contributed by atoms with Crippen LogP contribution in [-0.2, 0) is 19.1 Å². The van der Waals surface area contributed by atoms with Crippen molar-refractivity contribution in [1.82, 2.24) is 4.90 Å². The Morgan fingerprint density at radius 2 is 1.95 bits per heavy atom. The zero-order chi connectivity index (χ0) is 28.6. The quantitative estimate of drug-likeness (QED) is 0.242. The number of rotatable bonds is 10. The van der Waals surface area contributed by atoms with E-state index in [1.807, 2.05) is 30.3 Å². The number of halogens is 1. The smallest absolute Gasteiger partial charge is 0.310 e. The van der Waals surface area contributed by atoms with E-state index in [4.69, 9.17) is 9.47 Å². The van der Waals surface area contributed by atoms with Crippen molar-refractivity contribution in [2.24, 2.45) is 11.8 Å². The molecule has 5 rings (SSSR count). The molecule has 3 fully saturated rings. The first-order valence-electron chi connectivity index (χ1n) is 13.4. The molecule has 3 aliphatic rings. The molecule has 2 aromatic carbocycles. The zero-order valence-electron chi connectivity index (χ0n) is 22.4. The third kappa shape index (κ3) is 4.54. The summed E-state index contributed by atoms with van der Waals surface area (Å²) >= 11 is 5.31. The predicted octanol–water partition coefficient (Wildman–Crippen LogP) is 3.98. The number of likely N-dealkylation sites (tertiary alicyclic amines) is 1. The predicted molar refractivity (Wildman–Crippen MR) is 158 cm³/mol. The van der Waals surface area contributed by atoms with Crippen molar-refractivity contribution in [3.8, 4) is 5.75 Å². The highest BCUT2D eigenvalue weighted by Gasteiger charge is 2.76. The first kappa shape index (κ1) is 28.7. The number of methoxy groups -OCH3 is 1. The van der Waals surface area contributed by atoms with Gasteiger partial charge in [0.05, 0.1) is 42.9 Å². The van der Waals surface area contributed by atoms with Crippen LogP contribution in [0.4, 0.5) is 5.69 Å². The highest BCUT2D eigenvalue weighted by Crippen LogP contribution is 2.68. The molecule has 212 valence electrons. The second-order valence-electron chi connectivity index (χ2n) is 10.2. The van der Waals surface area contributed by atoms with Crippen LogP contribution in [-0.4, -0.2) is 75.5 Å². The van der Waals surface area contributed by atoms with Crippen LogP contribution in [0.15, 0.2) is 67.3 Å². The van der Waals surface area contributed by atoms with Crippen molar-refractivity contribution in [2.75, 3.05) is 31.8 Å². The lowest BCUT2D eigenvalue weighted by molar-refractivity contribution is -0.154. The lowest BCUT2D eigenvalue weighted by Crippen LogP contribution is -2.56. The molecular weight excluding hydrogens is 596 g/mol. The number of anilines is 1. The molecule has 1 spiro atoms. The first-order chi connectivity index (χ1) is 19.3. The molecule has 40 heavy (non-hydrogen) atoms. The number of hydrogen-bond donors (Lipinski definition) is 1. The van der Waals surface area contributed by atoms with Crippen LogP contribution in [0.1, 0.15) is 24.9 Å². The second kappa shape index (κ2) is 11.6. The lowest BCUT2D eigenvalue weighted by Gasteiger charge is -2.40. The van der Waals surface area contributed by atoms with Crippen LogP contribution in [0.3, 0.4) is 0 Å². The summed E-state index contributed by atoms with van der Waals surface area (Å²) in [6.07, 6.45) is 2.17. The van der Waals surface area contributed by atoms with Crippen molar-refractivity contribution in [3.05, 3.63) is 72.8 Å². The molecule has 3 unspecified atom stereocenters. The number of benzene rings is 2. The van der Waals surface area contributed by atoms with Crippen molar-refractivity contribution in [1.29, 1.82) is 0 Å². The lowest BCUT2D eigenvalue weighted by atomic mass is 9.71. The number of thioether (sulfide) groups is 1. The maximum atomic E-state index is 14.8. The van der Waals surface area contributed by atoms with E-state index in [2.05, 4.69) is 22.5 Å². The Morgan fingerprint density at radius 3 is 2.55 bits per heavy atom. The Labute approximate surface area is 246 Å². The molecule has 7 atom stereocenters. The zero-order valence-corrected chi connectivity index (χ0v) is 24.8. The summed E-state index contributed by atoms with van der Waals surface area (Å²) in [5, 5.41) is 10.5. The van der Waals surface area contributed by atoms with Gasteiger partial charge in [-0.1, -0.05) is 52.3 Å². The summed E-state index contributed by atoms with van der Waals surface area (Å²) < 4.78 is 9.87. The number of carbonyl (C=O) groups excluding carboxylic acids is 3. The van der Waals surface area contributed by atoms with Crippen LogP contribution >= 0.6 is 27.7 Å². The Kier molecular flexibility index (Phi) is 8.31. The summed E-state index contributed by atoms with van der Waals surface area (Å²) in [5.41, 5.74) is 1.35. The van der Waals surface area contributed by atoms with Crippen LogP contribution in [0.5, 0.6) is 5.75 Å². The number of hydrogen-bond acceptors (Lipinski definition) is 7. The van der Waals surface area contributed by atoms with Gasteiger partial charge in [-0.15, -0.1) is 18.3 Å². The summed E-state index contributed by atoms with van der Waals surface area (Å²) in [5.74, 6) is -1.80. The van der Waals surface area contributed by atoms with Crippen LogP contribution in [0.25, 0.3) is 0 Å². The van der Waals surface area contributed by atoms with Crippen molar-refractivity contribution < 1.29 is 29.0 Å². The van der Waals surface area contributed by atoms with Crippen LogP contribution < -0.4 is 9.64 Å². The SMILES string of the molecule is C=CCN(C(=O)C1N([C@H](CO)c2ccccc2)C(=O)[C@@H]2[C@H](C(=O)OCC)[C@H]3SC12CC3Br)c1ccc(OC)cc1. The number of aliphatic hydroxyl groups is 1. The highest BCUT2D eigenvalue weighted by atomic mass is 79.9. The van der Waals surface area contributed by atoms with E-state index < -0.39 is 34.6 Å². The minimum atomic E-state index is -0.932. The standard InChI is InChI=1S/C30H33BrN2O6S/c1-4-15-32(19-11-13-20(38-3)14-12-19)28(36)26-30-16-21(31)25(40-30)23(29(37)39-5-2)24(30)27(35)33(26)22(17-34)18-9-7-6-8-10-18/h4,6-14,21-26,34H,1,5,15-17H2,2-3H3/t21?,22-,23+,24+,25+,26?,30?/m1/s1. The van der Waals surface area contributed by atoms with Gasteiger partial charge in [-0.05, 0) is 43.2 Å². The molecule has 10 heteroatoms. The number of alkyl halides is 1. The number of fused-ring (bicyclic) bond motifs is 1. The topological polar surface area (TPSA) is 96.4 Å². The summed E-state index contributed by atoms with van der Waals surface area (Å²) in [6, 6.07) is 14.7. The fourth-order valence-corrected chi connectivity index (χ4v) is 10.2. The van der Waals surface area contributed by atoms with E-state index in [1.54, 1.807) is 54.2 Å². The number of ether oxygens (including phenoxy) is 2. The Hall–Kier alpha value is -2.82. The van der Waals surface area contributed by atoms with Gasteiger partial charge in [0.25, 0.3) is 5.91 Å². The average molecular weight is 630 g/mol. The molecule has 2 aromatic rings. The van der Waals surface area contributed by atoms with Gasteiger partial charge >= 0.3 is 5.97 Å². The average Bonchev–Trinajstić information content (AvgIpc) is 3.56. The molecule has 3 heterocycles. The summed E-state index contributed by atoms with van der Waals surface area (Å²) in [7, 11) is 1.58. The van der Waals surface area contributed by atoms with E-state index >= 15 is 0 Å². The van der Waals surface area contributed by atoms with Crippen molar-refractivity contribution in [3.63, 3.8) is 0 Å². The minimum absolute atomic E-state index is 0.0793. The van der Waals surface area contributed by atoms with Gasteiger partial charge in [-0.3, -0.25) is 14.4 Å². The number of esters is 1. The van der Waals surface area contributed by atoms with E-state index in [-0.39, 0.29) is 41.6 Å². The normalized spacial score (nSPS) is 29.1. The van der Waals surface area contributed by atoms with Crippen LogP contribution in [0, 0.1) is 11.8 Å². The Balaban J connectivity index is 1.65. The Morgan fingerprint density at radius 1 is 1.25 bits per heavy atom. The van der Waals surface area contributed by atoms with Gasteiger partial charge in [-0.25, -0.2) is 0 Å². The fourth-order valence-electron chi connectivity index (χ4n) is 6.58. The molecule has 0 aliphatic carbocycles. The van der Waals surface area contributed by atoms with E-state index in [9.17, 15) is 19.5 Å². The summed E-state index contributed by atoms with van der Waals surface area (Å²) in [4.78, 5) is 45.6. The number of nitrogens with zero attached hydrogens (tertiary/aromatic N) is 2. The molecule has 8 nitrogen and oxygen atoms in total. The summed E-state index contributed by atoms with van der Waals surface area (Å²) in [6.45, 7) is 5.66. The first-order valence-corrected chi connectivity index (χ1v) is 15.1. The Bertz CT molecular complexity index is 1280. The molecule has 2 amide bonds. The van der Waals surface area contributed by atoms with Gasteiger partial charge in [0.15, 0.2) is 0 Å². The van der Waals surface area contributed by atoms with Gasteiger partial charge in [-0.2, -0.15) is 0 Å². The fraction of sp³-hybridized carbons (Fsp3) is 0.433. The van der Waals surface area contributed by atoms with Crippen molar-refractivity contribution in [2.45, 2.75) is 40.3 Å². The van der Waals surface area contributed by atoms with Crippen LogP contribution in [0.2, 0.25) is 0 Å². The second-order valence-corrected chi connectivity index (χ2v) is 12.9. The molecule has 0 saturated carbocycles. The van der Waals surface area contributed by atoms with Gasteiger partial charge < -0.3 is 24.4 Å². The van der Waals surface area contributed by atoms with Crippen molar-refractivity contribution >= 4 is 51.2 Å². The molecule has 3 saturated heterocycles. The number of amides is 2. The van der Waals surface area contributed by atoms with Gasteiger partial charge in [0.2, 0.25) is 5.91 Å². The molecule has 0 radical (unpaired) electrons. The van der Waals surface area contributed by atoms with Gasteiger partial charge in [0, 0.05) is 22.3 Å². The largest absolute Gasteiger partial charge is 0.497 e. The molecule has 3 aliphatic heterocycles. The monoisotopic (exact) mass is 628 g/mol. The third-order valence-corrected chi connectivity index (χ3v) is 11.4. The molecular formula is C30H33BrN2O6S. The maximum absolute atomic E-state index is 14.8. The molecule has 2 bridgehead atoms. The maximum Gasteiger partial charge on any atom is 0.310 e. The highest BCUT2D eigenvalue weighted by molar-refractivity contribution is 9.09.